The normalized spacial score (nSPS) is 10.1. The van der Waals surface area contributed by atoms with Crippen molar-refractivity contribution in [1.82, 2.24) is 5.32 Å². The third kappa shape index (κ3) is 7.91. The van der Waals surface area contributed by atoms with E-state index in [-0.39, 0.29) is 12.5 Å². The average molecular weight is 297 g/mol. The van der Waals surface area contributed by atoms with Crippen LogP contribution >= 0.6 is 0 Å². The number of hydrogen-bond donors (Lipinski definition) is 2. The minimum absolute atomic E-state index is 0.0292. The Bertz CT molecular complexity index is 463. The lowest BCUT2D eigenvalue weighted by Crippen LogP contribution is -2.27. The lowest BCUT2D eigenvalue weighted by molar-refractivity contribution is -0.139. The standard InChI is InChI=1S/C14H19NO6/c1-19-5-6-20-9-13(16)15-8-11-3-2-4-12(7-11)21-10-14(17)18/h2-4,7H,5-6,8-10H2,1H3,(H,15,16)(H,17,18). The van der Waals surface area contributed by atoms with Gasteiger partial charge in [-0.25, -0.2) is 4.79 Å². The van der Waals surface area contributed by atoms with Crippen molar-refractivity contribution >= 4 is 11.9 Å². The average Bonchev–Trinajstić information content (AvgIpc) is 2.48. The van der Waals surface area contributed by atoms with Gasteiger partial charge in [-0.1, -0.05) is 12.1 Å². The van der Waals surface area contributed by atoms with Crippen LogP contribution in [0.5, 0.6) is 5.75 Å². The smallest absolute Gasteiger partial charge is 0.341 e. The Kier molecular flexibility index (Phi) is 7.85. The van der Waals surface area contributed by atoms with Crippen molar-refractivity contribution in [2.75, 3.05) is 33.5 Å². The molecular weight excluding hydrogens is 278 g/mol. The summed E-state index contributed by atoms with van der Waals surface area (Å²) in [5.41, 5.74) is 0.808. The van der Waals surface area contributed by atoms with E-state index in [1.54, 1.807) is 31.4 Å². The number of carboxylic acid groups (broad SMARTS) is 1. The van der Waals surface area contributed by atoms with Gasteiger partial charge in [0.15, 0.2) is 6.61 Å². The number of carboxylic acids is 1. The van der Waals surface area contributed by atoms with Crippen LogP contribution < -0.4 is 10.1 Å². The zero-order valence-electron chi connectivity index (χ0n) is 11.8. The van der Waals surface area contributed by atoms with Crippen LogP contribution in [0.1, 0.15) is 5.56 Å². The van der Waals surface area contributed by atoms with Gasteiger partial charge in [0.2, 0.25) is 5.91 Å². The van der Waals surface area contributed by atoms with E-state index >= 15 is 0 Å². The number of hydrogen-bond acceptors (Lipinski definition) is 5. The van der Waals surface area contributed by atoms with Crippen LogP contribution in [0.4, 0.5) is 0 Å². The molecule has 7 nitrogen and oxygen atoms in total. The van der Waals surface area contributed by atoms with E-state index in [1.165, 1.54) is 0 Å². The van der Waals surface area contributed by atoms with E-state index < -0.39 is 12.6 Å². The summed E-state index contributed by atoms with van der Waals surface area (Å²) in [4.78, 5) is 21.9. The van der Waals surface area contributed by atoms with Gasteiger partial charge in [-0.05, 0) is 17.7 Å². The highest BCUT2D eigenvalue weighted by Gasteiger charge is 2.03. The fourth-order valence-corrected chi connectivity index (χ4v) is 1.45. The molecule has 2 N–H and O–H groups in total. The van der Waals surface area contributed by atoms with Crippen LogP contribution in [0.3, 0.4) is 0 Å². The molecule has 7 heteroatoms. The second-order valence-corrected chi connectivity index (χ2v) is 4.15. The molecule has 1 rings (SSSR count). The summed E-state index contributed by atoms with van der Waals surface area (Å²) in [7, 11) is 1.56. The topological polar surface area (TPSA) is 94.1 Å². The zero-order chi connectivity index (χ0) is 15.5. The van der Waals surface area contributed by atoms with E-state index in [0.29, 0.717) is 25.5 Å². The molecule has 21 heavy (non-hydrogen) atoms. The highest BCUT2D eigenvalue weighted by atomic mass is 16.5. The number of aliphatic carboxylic acids is 1. The number of benzene rings is 1. The summed E-state index contributed by atoms with van der Waals surface area (Å²) in [6.07, 6.45) is 0. The number of carbonyl (C=O) groups is 2. The number of methoxy groups -OCH3 is 1. The molecule has 0 heterocycles. The molecule has 0 bridgehead atoms. The fourth-order valence-electron chi connectivity index (χ4n) is 1.45. The summed E-state index contributed by atoms with van der Waals surface area (Å²) in [6, 6.07) is 6.87. The first kappa shape index (κ1) is 16.9. The molecule has 0 aliphatic heterocycles. The Labute approximate surface area is 122 Å². The first-order chi connectivity index (χ1) is 10.1. The molecule has 1 aromatic rings. The van der Waals surface area contributed by atoms with Gasteiger partial charge in [0.05, 0.1) is 13.2 Å². The van der Waals surface area contributed by atoms with E-state index in [1.807, 2.05) is 0 Å². The number of ether oxygens (including phenoxy) is 3. The molecule has 0 spiro atoms. The lowest BCUT2D eigenvalue weighted by atomic mass is 10.2. The van der Waals surface area contributed by atoms with Gasteiger partial charge in [0, 0.05) is 13.7 Å². The largest absolute Gasteiger partial charge is 0.482 e. The van der Waals surface area contributed by atoms with Crippen molar-refractivity contribution in [1.29, 1.82) is 0 Å². The van der Waals surface area contributed by atoms with Crippen molar-refractivity contribution < 1.29 is 28.9 Å². The zero-order valence-corrected chi connectivity index (χ0v) is 11.8. The molecule has 0 saturated carbocycles. The van der Waals surface area contributed by atoms with Gasteiger partial charge in [-0.2, -0.15) is 0 Å². The first-order valence-electron chi connectivity index (χ1n) is 6.38. The van der Waals surface area contributed by atoms with Gasteiger partial charge >= 0.3 is 5.97 Å². The maximum Gasteiger partial charge on any atom is 0.341 e. The summed E-state index contributed by atoms with van der Waals surface area (Å²) in [6.45, 7) is 0.692. The van der Waals surface area contributed by atoms with Crippen molar-refractivity contribution in [3.05, 3.63) is 29.8 Å². The van der Waals surface area contributed by atoms with Crippen LogP contribution in [0.25, 0.3) is 0 Å². The van der Waals surface area contributed by atoms with Gasteiger partial charge in [-0.15, -0.1) is 0 Å². The van der Waals surface area contributed by atoms with Gasteiger partial charge in [0.1, 0.15) is 12.4 Å². The lowest BCUT2D eigenvalue weighted by Gasteiger charge is -2.08. The molecule has 0 radical (unpaired) electrons. The van der Waals surface area contributed by atoms with E-state index in [2.05, 4.69) is 5.32 Å². The molecule has 0 aromatic heterocycles. The molecule has 0 unspecified atom stereocenters. The maximum absolute atomic E-state index is 11.5. The SMILES string of the molecule is COCCOCC(=O)NCc1cccc(OCC(=O)O)c1. The molecule has 0 saturated heterocycles. The minimum Gasteiger partial charge on any atom is -0.482 e. The second kappa shape index (κ2) is 9.73. The van der Waals surface area contributed by atoms with E-state index in [0.717, 1.165) is 5.56 Å². The third-order valence-electron chi connectivity index (χ3n) is 2.42. The van der Waals surface area contributed by atoms with Crippen LogP contribution in [0.15, 0.2) is 24.3 Å². The Morgan fingerprint density at radius 1 is 1.24 bits per heavy atom. The first-order valence-corrected chi connectivity index (χ1v) is 6.38. The van der Waals surface area contributed by atoms with Gasteiger partial charge < -0.3 is 24.6 Å². The van der Waals surface area contributed by atoms with Crippen molar-refractivity contribution in [2.45, 2.75) is 6.54 Å². The van der Waals surface area contributed by atoms with Crippen molar-refractivity contribution in [3.8, 4) is 5.75 Å². The molecule has 0 aliphatic rings. The Morgan fingerprint density at radius 2 is 2.05 bits per heavy atom. The quantitative estimate of drug-likeness (QED) is 0.608. The molecule has 1 aromatic carbocycles. The summed E-state index contributed by atoms with van der Waals surface area (Å²) >= 11 is 0. The second-order valence-electron chi connectivity index (χ2n) is 4.15. The van der Waals surface area contributed by atoms with Crippen LogP contribution in [0, 0.1) is 0 Å². The number of nitrogens with one attached hydrogen (secondary N) is 1. The van der Waals surface area contributed by atoms with Gasteiger partial charge in [-0.3, -0.25) is 4.79 Å². The minimum atomic E-state index is -1.04. The molecule has 1 amide bonds. The molecule has 0 fully saturated rings. The number of carbonyl (C=O) groups excluding carboxylic acids is 1. The van der Waals surface area contributed by atoms with Gasteiger partial charge in [0.25, 0.3) is 0 Å². The summed E-state index contributed by atoms with van der Waals surface area (Å²) in [5, 5.41) is 11.2. The van der Waals surface area contributed by atoms with Crippen molar-refractivity contribution in [2.24, 2.45) is 0 Å². The van der Waals surface area contributed by atoms with Crippen LogP contribution in [-0.2, 0) is 25.6 Å². The van der Waals surface area contributed by atoms with E-state index in [9.17, 15) is 9.59 Å². The highest BCUT2D eigenvalue weighted by molar-refractivity contribution is 5.77. The molecule has 0 aliphatic carbocycles. The monoisotopic (exact) mass is 297 g/mol. The maximum atomic E-state index is 11.5. The van der Waals surface area contributed by atoms with Crippen LogP contribution in [0.2, 0.25) is 0 Å². The third-order valence-corrected chi connectivity index (χ3v) is 2.42. The summed E-state index contributed by atoms with van der Waals surface area (Å²) < 4.78 is 14.9. The fraction of sp³-hybridized carbons (Fsp3) is 0.429. The number of amides is 1. The molecule has 0 atom stereocenters. The highest BCUT2D eigenvalue weighted by Crippen LogP contribution is 2.13. The Morgan fingerprint density at radius 3 is 2.76 bits per heavy atom. The summed E-state index contributed by atoms with van der Waals surface area (Å²) in [5.74, 6) is -0.828. The van der Waals surface area contributed by atoms with Crippen molar-refractivity contribution in [3.63, 3.8) is 0 Å². The number of rotatable bonds is 10. The molecule has 116 valence electrons. The predicted molar refractivity (Wildman–Crippen MR) is 74.1 cm³/mol. The molecular formula is C14H19NO6. The Hall–Kier alpha value is -2.12. The van der Waals surface area contributed by atoms with Crippen LogP contribution in [-0.4, -0.2) is 50.5 Å². The predicted octanol–water partition coefficient (Wildman–Crippen LogP) is 0.429. The Balaban J connectivity index is 2.32. The van der Waals surface area contributed by atoms with E-state index in [4.69, 9.17) is 19.3 Å².